The number of tetrazole rings is 1. The van der Waals surface area contributed by atoms with Gasteiger partial charge >= 0.3 is 5.69 Å². The van der Waals surface area contributed by atoms with Gasteiger partial charge in [0.15, 0.2) is 5.78 Å². The van der Waals surface area contributed by atoms with Gasteiger partial charge in [-0.25, -0.2) is 4.79 Å². The van der Waals surface area contributed by atoms with Crippen molar-refractivity contribution in [3.05, 3.63) is 70.7 Å². The van der Waals surface area contributed by atoms with E-state index in [9.17, 15) is 9.59 Å². The van der Waals surface area contributed by atoms with Crippen LogP contribution in [0.1, 0.15) is 62.7 Å². The molecule has 1 unspecified atom stereocenters. The van der Waals surface area contributed by atoms with Gasteiger partial charge in [-0.2, -0.15) is 5.21 Å². The minimum Gasteiger partial charge on any atom is -0.297 e. The van der Waals surface area contributed by atoms with Crippen molar-refractivity contribution in [1.82, 2.24) is 34.7 Å². The third-order valence-electron chi connectivity index (χ3n) is 6.77. The number of nitrogens with zero attached hydrogens (tertiary/aromatic N) is 6. The normalized spacial score (nSPS) is 16.0. The average Bonchev–Trinajstić information content (AvgIpc) is 3.53. The topological polar surface area (TPSA) is 111 Å². The molecule has 0 aliphatic heterocycles. The molecule has 1 aromatic carbocycles. The number of benzene rings is 1. The molecule has 1 aliphatic carbocycles. The van der Waals surface area contributed by atoms with Crippen molar-refractivity contribution in [2.75, 3.05) is 0 Å². The summed E-state index contributed by atoms with van der Waals surface area (Å²) in [6.45, 7) is 2.51. The molecule has 5 rings (SSSR count). The summed E-state index contributed by atoms with van der Waals surface area (Å²) in [5, 5.41) is 14.5. The zero-order chi connectivity index (χ0) is 24.2. The number of rotatable bonds is 8. The number of ketones is 1. The smallest absolute Gasteiger partial charge is 0.297 e. The number of imidazole rings is 1. The Labute approximate surface area is 203 Å². The standard InChI is InChI=1S/C26H29N7O2/c1-2-3-8-19-17-33(23-11-6-7-12-24(23)34)26(35)32(19)16-18-15-27-14-13-20(18)21-9-4-5-10-22(21)25-28-30-31-29-25/h4-5,9-10,13-15,17,23H,2-3,6-8,11-12,16H2,1H3,(H,28,29,30,31). The predicted octanol–water partition coefficient (Wildman–Crippen LogP) is 3.97. The van der Waals surface area contributed by atoms with Crippen LogP contribution in [-0.4, -0.2) is 40.5 Å². The van der Waals surface area contributed by atoms with E-state index in [1.807, 2.05) is 47.3 Å². The SMILES string of the molecule is CCCCc1cn(C2CCCCC2=O)c(=O)n1Cc1cnccc1-c1ccccc1-c1nn[nH]n1. The first-order chi connectivity index (χ1) is 17.2. The van der Waals surface area contributed by atoms with Crippen LogP contribution in [0.15, 0.2) is 53.7 Å². The van der Waals surface area contributed by atoms with Gasteiger partial charge in [-0.15, -0.1) is 10.2 Å². The minimum atomic E-state index is -0.356. The van der Waals surface area contributed by atoms with Crippen LogP contribution in [0, 0.1) is 0 Å². The third kappa shape index (κ3) is 4.58. The third-order valence-corrected chi connectivity index (χ3v) is 6.77. The number of nitrogens with one attached hydrogen (secondary N) is 1. The number of carbonyl (C=O) groups is 1. The molecule has 0 saturated heterocycles. The molecule has 0 bridgehead atoms. The number of aryl methyl sites for hydroxylation is 1. The van der Waals surface area contributed by atoms with Crippen LogP contribution < -0.4 is 5.69 Å². The Hall–Kier alpha value is -3.88. The Morgan fingerprint density at radius 3 is 2.71 bits per heavy atom. The summed E-state index contributed by atoms with van der Waals surface area (Å²) in [7, 11) is 0. The maximum atomic E-state index is 13.6. The van der Waals surface area contributed by atoms with Crippen LogP contribution in [0.25, 0.3) is 22.5 Å². The number of pyridine rings is 1. The van der Waals surface area contributed by atoms with Crippen molar-refractivity contribution in [3.63, 3.8) is 0 Å². The van der Waals surface area contributed by atoms with E-state index in [0.29, 0.717) is 18.8 Å². The van der Waals surface area contributed by atoms with Crippen LogP contribution in [-0.2, 0) is 17.8 Å². The molecule has 3 aromatic heterocycles. The Bertz CT molecular complexity index is 1370. The zero-order valence-corrected chi connectivity index (χ0v) is 19.9. The Balaban J connectivity index is 1.57. The number of aromatic nitrogens is 7. The molecule has 1 saturated carbocycles. The molecule has 4 aromatic rings. The van der Waals surface area contributed by atoms with Crippen LogP contribution in [0.5, 0.6) is 0 Å². The first-order valence-corrected chi connectivity index (χ1v) is 12.3. The van der Waals surface area contributed by atoms with E-state index >= 15 is 0 Å². The lowest BCUT2D eigenvalue weighted by Gasteiger charge is -2.20. The quantitative estimate of drug-likeness (QED) is 0.416. The predicted molar refractivity (Wildman–Crippen MR) is 132 cm³/mol. The number of Topliss-reactive ketones (excluding diaryl/α,β-unsaturated/α-hetero) is 1. The molecule has 180 valence electrons. The highest BCUT2D eigenvalue weighted by Gasteiger charge is 2.27. The highest BCUT2D eigenvalue weighted by atomic mass is 16.2. The van der Waals surface area contributed by atoms with Gasteiger partial charge in [-0.1, -0.05) is 44.0 Å². The van der Waals surface area contributed by atoms with E-state index in [-0.39, 0.29) is 17.5 Å². The highest BCUT2D eigenvalue weighted by molar-refractivity contribution is 5.83. The monoisotopic (exact) mass is 471 g/mol. The summed E-state index contributed by atoms with van der Waals surface area (Å²) in [5.74, 6) is 0.666. The summed E-state index contributed by atoms with van der Waals surface area (Å²) < 4.78 is 3.49. The van der Waals surface area contributed by atoms with Crippen LogP contribution in [0.4, 0.5) is 0 Å². The number of H-pyrrole nitrogens is 1. The largest absolute Gasteiger partial charge is 0.329 e. The molecule has 9 nitrogen and oxygen atoms in total. The maximum Gasteiger partial charge on any atom is 0.329 e. The van der Waals surface area contributed by atoms with Gasteiger partial charge in [0.05, 0.1) is 12.6 Å². The van der Waals surface area contributed by atoms with Gasteiger partial charge < -0.3 is 0 Å². The number of hydrogen-bond donors (Lipinski definition) is 1. The summed E-state index contributed by atoms with van der Waals surface area (Å²) in [6, 6.07) is 9.46. The fourth-order valence-electron chi connectivity index (χ4n) is 4.93. The van der Waals surface area contributed by atoms with Crippen molar-refractivity contribution in [1.29, 1.82) is 0 Å². The number of carbonyl (C=O) groups excluding carboxylic acids is 1. The Morgan fingerprint density at radius 2 is 1.94 bits per heavy atom. The number of aromatic amines is 1. The van der Waals surface area contributed by atoms with Crippen molar-refractivity contribution in [2.24, 2.45) is 0 Å². The van der Waals surface area contributed by atoms with Crippen LogP contribution >= 0.6 is 0 Å². The zero-order valence-electron chi connectivity index (χ0n) is 19.9. The van der Waals surface area contributed by atoms with Crippen molar-refractivity contribution >= 4 is 5.78 Å². The van der Waals surface area contributed by atoms with Gasteiger partial charge in [-0.05, 0) is 53.7 Å². The molecular formula is C26H29N7O2. The molecule has 1 N–H and O–H groups in total. The average molecular weight is 472 g/mol. The molecule has 1 atom stereocenters. The van der Waals surface area contributed by atoms with Gasteiger partial charge in [0, 0.05) is 36.3 Å². The minimum absolute atomic E-state index is 0.127. The second-order valence-corrected chi connectivity index (χ2v) is 9.04. The summed E-state index contributed by atoms with van der Waals surface area (Å²) in [4.78, 5) is 30.6. The van der Waals surface area contributed by atoms with Gasteiger partial charge in [0.2, 0.25) is 5.82 Å². The summed E-state index contributed by atoms with van der Waals surface area (Å²) in [5.41, 5.74) is 4.48. The lowest BCUT2D eigenvalue weighted by Crippen LogP contribution is -2.33. The lowest BCUT2D eigenvalue weighted by atomic mass is 9.94. The van der Waals surface area contributed by atoms with Gasteiger partial charge in [-0.3, -0.25) is 18.9 Å². The fourth-order valence-corrected chi connectivity index (χ4v) is 4.93. The van der Waals surface area contributed by atoms with E-state index in [2.05, 4.69) is 32.5 Å². The number of unbranched alkanes of at least 4 members (excludes halogenated alkanes) is 1. The van der Waals surface area contributed by atoms with E-state index in [4.69, 9.17) is 0 Å². The van der Waals surface area contributed by atoms with Crippen molar-refractivity contribution < 1.29 is 4.79 Å². The van der Waals surface area contributed by atoms with E-state index in [1.165, 1.54) is 0 Å². The molecule has 3 heterocycles. The highest BCUT2D eigenvalue weighted by Crippen LogP contribution is 2.32. The molecule has 1 aliphatic rings. The van der Waals surface area contributed by atoms with Crippen molar-refractivity contribution in [3.8, 4) is 22.5 Å². The molecular weight excluding hydrogens is 442 g/mol. The van der Waals surface area contributed by atoms with E-state index < -0.39 is 0 Å². The summed E-state index contributed by atoms with van der Waals surface area (Å²) >= 11 is 0. The molecule has 0 amide bonds. The van der Waals surface area contributed by atoms with E-state index in [1.54, 1.807) is 10.8 Å². The van der Waals surface area contributed by atoms with Crippen LogP contribution in [0.3, 0.4) is 0 Å². The van der Waals surface area contributed by atoms with Gasteiger partial charge in [0.25, 0.3) is 0 Å². The Morgan fingerprint density at radius 1 is 1.09 bits per heavy atom. The second kappa shape index (κ2) is 10.2. The lowest BCUT2D eigenvalue weighted by molar-refractivity contribution is -0.123. The van der Waals surface area contributed by atoms with Crippen LogP contribution in [0.2, 0.25) is 0 Å². The van der Waals surface area contributed by atoms with Crippen molar-refractivity contribution in [2.45, 2.75) is 64.5 Å². The molecule has 9 heteroatoms. The first-order valence-electron chi connectivity index (χ1n) is 12.3. The molecule has 0 spiro atoms. The summed E-state index contributed by atoms with van der Waals surface area (Å²) in [6.07, 6.45) is 11.4. The molecule has 0 radical (unpaired) electrons. The molecule has 1 fully saturated rings. The van der Waals surface area contributed by atoms with E-state index in [0.717, 1.165) is 66.5 Å². The second-order valence-electron chi connectivity index (χ2n) is 9.04. The fraction of sp³-hybridized carbons (Fsp3) is 0.385. The Kier molecular flexibility index (Phi) is 6.65. The maximum absolute atomic E-state index is 13.6. The molecule has 35 heavy (non-hydrogen) atoms. The van der Waals surface area contributed by atoms with Gasteiger partial charge in [0.1, 0.15) is 0 Å². The number of hydrogen-bond acceptors (Lipinski definition) is 6. The first kappa shape index (κ1) is 22.9.